The van der Waals surface area contributed by atoms with Crippen LogP contribution in [-0.2, 0) is 10.0 Å². The Kier molecular flexibility index (Phi) is 3.59. The van der Waals surface area contributed by atoms with Crippen molar-refractivity contribution in [3.05, 3.63) is 47.8 Å². The number of aryl methyl sites for hydroxylation is 1. The molecule has 0 saturated heterocycles. The number of pyridine rings is 1. The summed E-state index contributed by atoms with van der Waals surface area (Å²) < 4.78 is 27.0. The number of hydrogen-bond donors (Lipinski definition) is 2. The first-order valence-electron chi connectivity index (χ1n) is 5.68. The second-order valence-corrected chi connectivity index (χ2v) is 5.76. The zero-order valence-electron chi connectivity index (χ0n) is 10.7. The topological polar surface area (TPSA) is 109 Å². The van der Waals surface area contributed by atoms with Gasteiger partial charge in [0.15, 0.2) is 0 Å². The Bertz CT molecular complexity index is 794. The predicted molar refractivity (Wildman–Crippen MR) is 75.4 cm³/mol. The number of benzene rings is 1. The van der Waals surface area contributed by atoms with Crippen LogP contribution in [0, 0.1) is 18.3 Å². The molecule has 0 aliphatic heterocycles. The SMILES string of the molecule is Cc1ncccc1NS(=O)(=O)c1ccc(C#N)cc1N. The molecule has 0 fully saturated rings. The van der Waals surface area contributed by atoms with E-state index >= 15 is 0 Å². The molecule has 0 aliphatic rings. The summed E-state index contributed by atoms with van der Waals surface area (Å²) in [5.41, 5.74) is 6.96. The Hall–Kier alpha value is -2.59. The van der Waals surface area contributed by atoms with E-state index in [9.17, 15) is 8.42 Å². The van der Waals surface area contributed by atoms with Crippen LogP contribution in [0.5, 0.6) is 0 Å². The third-order valence-electron chi connectivity index (χ3n) is 2.68. The van der Waals surface area contributed by atoms with Gasteiger partial charge in [-0.2, -0.15) is 5.26 Å². The number of nitriles is 1. The fourth-order valence-electron chi connectivity index (χ4n) is 1.65. The van der Waals surface area contributed by atoms with Gasteiger partial charge in [0, 0.05) is 6.20 Å². The molecule has 0 aliphatic carbocycles. The van der Waals surface area contributed by atoms with Crippen LogP contribution >= 0.6 is 0 Å². The van der Waals surface area contributed by atoms with Crippen LogP contribution in [0.25, 0.3) is 0 Å². The molecule has 102 valence electrons. The number of sulfonamides is 1. The van der Waals surface area contributed by atoms with Crippen molar-refractivity contribution in [3.8, 4) is 6.07 Å². The molecule has 1 aromatic carbocycles. The molecule has 20 heavy (non-hydrogen) atoms. The first kappa shape index (κ1) is 13.8. The van der Waals surface area contributed by atoms with E-state index in [0.29, 0.717) is 16.9 Å². The van der Waals surface area contributed by atoms with Crippen LogP contribution < -0.4 is 10.5 Å². The standard InChI is InChI=1S/C13H12N4O2S/c1-9-12(3-2-6-16-9)17-20(18,19)13-5-4-10(8-14)7-11(13)15/h2-7,17H,15H2,1H3. The molecule has 1 aromatic heterocycles. The Balaban J connectivity index is 2.42. The molecular weight excluding hydrogens is 276 g/mol. The van der Waals surface area contributed by atoms with Gasteiger partial charge in [-0.05, 0) is 37.3 Å². The van der Waals surface area contributed by atoms with E-state index in [-0.39, 0.29) is 10.6 Å². The fraction of sp³-hybridized carbons (Fsp3) is 0.0769. The van der Waals surface area contributed by atoms with Crippen LogP contribution in [0.4, 0.5) is 11.4 Å². The minimum atomic E-state index is -3.82. The molecule has 2 rings (SSSR count). The molecule has 0 spiro atoms. The highest BCUT2D eigenvalue weighted by molar-refractivity contribution is 7.92. The van der Waals surface area contributed by atoms with Gasteiger partial charge >= 0.3 is 0 Å². The smallest absolute Gasteiger partial charge is 0.264 e. The van der Waals surface area contributed by atoms with Gasteiger partial charge < -0.3 is 5.73 Å². The summed E-state index contributed by atoms with van der Waals surface area (Å²) in [4.78, 5) is 3.94. The van der Waals surface area contributed by atoms with Gasteiger partial charge in [0.1, 0.15) is 4.90 Å². The third-order valence-corrected chi connectivity index (χ3v) is 4.12. The highest BCUT2D eigenvalue weighted by Crippen LogP contribution is 2.23. The summed E-state index contributed by atoms with van der Waals surface area (Å²) in [6.45, 7) is 1.69. The molecule has 0 saturated carbocycles. The van der Waals surface area contributed by atoms with Crippen molar-refractivity contribution in [2.24, 2.45) is 0 Å². The van der Waals surface area contributed by atoms with Crippen LogP contribution in [0.15, 0.2) is 41.4 Å². The molecule has 0 radical (unpaired) electrons. The number of anilines is 2. The van der Waals surface area contributed by atoms with Gasteiger partial charge in [0.25, 0.3) is 10.0 Å². The van der Waals surface area contributed by atoms with Crippen molar-refractivity contribution in [3.63, 3.8) is 0 Å². The van der Waals surface area contributed by atoms with Crippen molar-refractivity contribution in [1.29, 1.82) is 5.26 Å². The van der Waals surface area contributed by atoms with Crippen molar-refractivity contribution in [2.75, 3.05) is 10.5 Å². The summed E-state index contributed by atoms with van der Waals surface area (Å²) >= 11 is 0. The summed E-state index contributed by atoms with van der Waals surface area (Å²) in [5.74, 6) is 0. The molecule has 1 heterocycles. The normalized spacial score (nSPS) is 10.8. The second kappa shape index (κ2) is 5.19. The Morgan fingerprint density at radius 2 is 2.10 bits per heavy atom. The number of nitrogens with two attached hydrogens (primary N) is 1. The Morgan fingerprint density at radius 1 is 1.35 bits per heavy atom. The third kappa shape index (κ3) is 2.70. The van der Waals surface area contributed by atoms with Crippen molar-refractivity contribution < 1.29 is 8.42 Å². The van der Waals surface area contributed by atoms with E-state index in [1.807, 2.05) is 6.07 Å². The van der Waals surface area contributed by atoms with Crippen LogP contribution in [0.3, 0.4) is 0 Å². The lowest BCUT2D eigenvalue weighted by Crippen LogP contribution is -2.15. The van der Waals surface area contributed by atoms with E-state index in [2.05, 4.69) is 9.71 Å². The number of hydrogen-bond acceptors (Lipinski definition) is 5. The minimum Gasteiger partial charge on any atom is -0.398 e. The lowest BCUT2D eigenvalue weighted by atomic mass is 10.2. The maximum atomic E-state index is 12.3. The molecule has 0 bridgehead atoms. The molecule has 0 amide bonds. The maximum absolute atomic E-state index is 12.3. The molecule has 0 atom stereocenters. The number of rotatable bonds is 3. The van der Waals surface area contributed by atoms with E-state index in [0.717, 1.165) is 0 Å². The summed E-state index contributed by atoms with van der Waals surface area (Å²) in [5, 5.41) is 8.75. The fourth-order valence-corrected chi connectivity index (χ4v) is 2.89. The number of aromatic nitrogens is 1. The first-order chi connectivity index (χ1) is 9.44. The van der Waals surface area contributed by atoms with E-state index < -0.39 is 10.0 Å². The summed E-state index contributed by atoms with van der Waals surface area (Å²) in [6.07, 6.45) is 1.57. The molecular formula is C13H12N4O2S. The van der Waals surface area contributed by atoms with E-state index in [1.165, 1.54) is 18.2 Å². The van der Waals surface area contributed by atoms with Gasteiger partial charge in [-0.3, -0.25) is 9.71 Å². The molecule has 6 nitrogen and oxygen atoms in total. The average molecular weight is 288 g/mol. The Morgan fingerprint density at radius 3 is 2.70 bits per heavy atom. The lowest BCUT2D eigenvalue weighted by Gasteiger charge is -2.11. The van der Waals surface area contributed by atoms with Crippen molar-refractivity contribution in [2.45, 2.75) is 11.8 Å². The molecule has 3 N–H and O–H groups in total. The van der Waals surface area contributed by atoms with E-state index in [4.69, 9.17) is 11.0 Å². The predicted octanol–water partition coefficient (Wildman–Crippen LogP) is 1.64. The largest absolute Gasteiger partial charge is 0.398 e. The average Bonchev–Trinajstić information content (AvgIpc) is 2.40. The van der Waals surface area contributed by atoms with E-state index in [1.54, 1.807) is 25.3 Å². The number of nitrogen functional groups attached to an aromatic ring is 1. The monoisotopic (exact) mass is 288 g/mol. The summed E-state index contributed by atoms with van der Waals surface area (Å²) in [7, 11) is -3.82. The Labute approximate surface area is 116 Å². The van der Waals surface area contributed by atoms with Crippen molar-refractivity contribution >= 4 is 21.4 Å². The quantitative estimate of drug-likeness (QED) is 0.834. The van der Waals surface area contributed by atoms with Gasteiger partial charge in [-0.25, -0.2) is 8.42 Å². The highest BCUT2D eigenvalue weighted by atomic mass is 32.2. The molecule has 0 unspecified atom stereocenters. The van der Waals surface area contributed by atoms with Gasteiger partial charge in [-0.1, -0.05) is 0 Å². The first-order valence-corrected chi connectivity index (χ1v) is 7.16. The zero-order valence-corrected chi connectivity index (χ0v) is 11.5. The molecule has 7 heteroatoms. The number of nitrogens with zero attached hydrogens (tertiary/aromatic N) is 2. The van der Waals surface area contributed by atoms with Crippen LogP contribution in [-0.4, -0.2) is 13.4 Å². The van der Waals surface area contributed by atoms with Gasteiger partial charge in [0.2, 0.25) is 0 Å². The zero-order chi connectivity index (χ0) is 14.8. The second-order valence-electron chi connectivity index (χ2n) is 4.11. The minimum absolute atomic E-state index is 0.0260. The van der Waals surface area contributed by atoms with Gasteiger partial charge in [0.05, 0.1) is 28.7 Å². The lowest BCUT2D eigenvalue weighted by molar-refractivity contribution is 0.601. The van der Waals surface area contributed by atoms with Crippen LogP contribution in [0.1, 0.15) is 11.3 Å². The highest BCUT2D eigenvalue weighted by Gasteiger charge is 2.18. The van der Waals surface area contributed by atoms with Crippen LogP contribution in [0.2, 0.25) is 0 Å². The van der Waals surface area contributed by atoms with Gasteiger partial charge in [-0.15, -0.1) is 0 Å². The van der Waals surface area contributed by atoms with Crippen molar-refractivity contribution in [1.82, 2.24) is 4.98 Å². The maximum Gasteiger partial charge on any atom is 0.264 e. The molecule has 2 aromatic rings. The number of nitrogens with one attached hydrogen (secondary N) is 1. The summed E-state index contributed by atoms with van der Waals surface area (Å²) in [6, 6.07) is 9.18.